The molecule has 0 unspecified atom stereocenters. The molecule has 3 atom stereocenters. The second-order valence-electron chi connectivity index (χ2n) is 6.85. The van der Waals surface area contributed by atoms with E-state index >= 15 is 0 Å². The minimum atomic E-state index is -0.00504. The summed E-state index contributed by atoms with van der Waals surface area (Å²) in [5.41, 5.74) is 0.566. The van der Waals surface area contributed by atoms with Crippen molar-refractivity contribution in [2.24, 2.45) is 16.9 Å². The van der Waals surface area contributed by atoms with E-state index in [1.54, 1.807) is 7.05 Å². The normalized spacial score (nSPS) is 33.5. The lowest BCUT2D eigenvalue weighted by molar-refractivity contribution is -0.132. The summed E-state index contributed by atoms with van der Waals surface area (Å²) in [6.45, 7) is 3.17. The summed E-state index contributed by atoms with van der Waals surface area (Å²) in [6.07, 6.45) is 6.84. The molecule has 2 fully saturated rings. The number of hydrazone groups is 1. The van der Waals surface area contributed by atoms with Crippen LogP contribution in [0.25, 0.3) is 0 Å². The van der Waals surface area contributed by atoms with Crippen LogP contribution in [-0.4, -0.2) is 47.1 Å². The smallest absolute Gasteiger partial charge is 0.270 e. The first-order valence-corrected chi connectivity index (χ1v) is 8.21. The van der Waals surface area contributed by atoms with Gasteiger partial charge in [0.15, 0.2) is 0 Å². The minimum absolute atomic E-state index is 0.00504. The number of hydrogen-bond acceptors (Lipinski definition) is 3. The standard InChI is InChI=1S/C16H25N3O2/c1-11-5-7-14-12(10-11)4-3-9-19(14)16(21)13-6-8-15(20)18(2)17-13/h11-12,14H,3-10H2,1-2H3/t11-,12-,14-/m1/s1. The highest BCUT2D eigenvalue weighted by Gasteiger charge is 2.39. The average molecular weight is 291 g/mol. The third-order valence-corrected chi connectivity index (χ3v) is 5.29. The number of likely N-dealkylation sites (tertiary alicyclic amines) is 1. The van der Waals surface area contributed by atoms with Gasteiger partial charge in [-0.25, -0.2) is 5.01 Å². The fourth-order valence-electron chi connectivity index (χ4n) is 4.13. The summed E-state index contributed by atoms with van der Waals surface area (Å²) in [5.74, 6) is 1.51. The molecule has 0 bridgehead atoms. The summed E-state index contributed by atoms with van der Waals surface area (Å²) >= 11 is 0. The summed E-state index contributed by atoms with van der Waals surface area (Å²) in [4.78, 5) is 26.4. The molecule has 0 aromatic carbocycles. The minimum Gasteiger partial charge on any atom is -0.334 e. The number of carbonyl (C=O) groups is 2. The maximum Gasteiger partial charge on any atom is 0.270 e. The lowest BCUT2D eigenvalue weighted by Gasteiger charge is -2.46. The molecule has 3 rings (SSSR count). The Balaban J connectivity index is 1.75. The van der Waals surface area contributed by atoms with Gasteiger partial charge in [-0.05, 0) is 43.9 Å². The largest absolute Gasteiger partial charge is 0.334 e. The summed E-state index contributed by atoms with van der Waals surface area (Å²) < 4.78 is 0. The third kappa shape index (κ3) is 2.83. The summed E-state index contributed by atoms with van der Waals surface area (Å²) in [7, 11) is 1.63. The van der Waals surface area contributed by atoms with E-state index in [-0.39, 0.29) is 11.8 Å². The van der Waals surface area contributed by atoms with Crippen molar-refractivity contribution in [3.05, 3.63) is 0 Å². The van der Waals surface area contributed by atoms with Gasteiger partial charge in [0.1, 0.15) is 5.71 Å². The topological polar surface area (TPSA) is 53.0 Å². The summed E-state index contributed by atoms with van der Waals surface area (Å²) in [6, 6.07) is 0.396. The molecule has 0 N–H and O–H groups in total. The Bertz CT molecular complexity index is 474. The quantitative estimate of drug-likeness (QED) is 0.742. The van der Waals surface area contributed by atoms with Gasteiger partial charge in [-0.2, -0.15) is 5.10 Å². The second kappa shape index (κ2) is 5.78. The zero-order valence-corrected chi connectivity index (χ0v) is 13.0. The van der Waals surface area contributed by atoms with Crippen molar-refractivity contribution in [2.45, 2.75) is 57.9 Å². The van der Waals surface area contributed by atoms with E-state index in [0.29, 0.717) is 30.5 Å². The molecule has 116 valence electrons. The van der Waals surface area contributed by atoms with Crippen molar-refractivity contribution in [3.8, 4) is 0 Å². The number of hydrogen-bond donors (Lipinski definition) is 0. The van der Waals surface area contributed by atoms with Crippen LogP contribution in [-0.2, 0) is 9.59 Å². The van der Waals surface area contributed by atoms with E-state index in [0.717, 1.165) is 25.3 Å². The number of piperidine rings is 1. The van der Waals surface area contributed by atoms with Gasteiger partial charge in [-0.3, -0.25) is 9.59 Å². The number of amides is 2. The molecule has 21 heavy (non-hydrogen) atoms. The Morgan fingerprint density at radius 2 is 2.05 bits per heavy atom. The van der Waals surface area contributed by atoms with E-state index in [2.05, 4.69) is 16.9 Å². The van der Waals surface area contributed by atoms with Gasteiger partial charge in [0.05, 0.1) is 0 Å². The monoisotopic (exact) mass is 291 g/mol. The van der Waals surface area contributed by atoms with Gasteiger partial charge in [0.2, 0.25) is 5.91 Å². The van der Waals surface area contributed by atoms with Crippen LogP contribution in [0, 0.1) is 11.8 Å². The molecule has 2 amide bonds. The molecule has 2 aliphatic heterocycles. The molecular formula is C16H25N3O2. The maximum absolute atomic E-state index is 12.8. The van der Waals surface area contributed by atoms with Crippen molar-refractivity contribution in [1.82, 2.24) is 9.91 Å². The molecule has 1 aliphatic carbocycles. The Morgan fingerprint density at radius 3 is 2.81 bits per heavy atom. The molecule has 5 heteroatoms. The molecular weight excluding hydrogens is 266 g/mol. The van der Waals surface area contributed by atoms with Crippen LogP contribution in [0.2, 0.25) is 0 Å². The van der Waals surface area contributed by atoms with E-state index < -0.39 is 0 Å². The Hall–Kier alpha value is -1.39. The predicted octanol–water partition coefficient (Wildman–Crippen LogP) is 2.02. The first-order chi connectivity index (χ1) is 10.1. The van der Waals surface area contributed by atoms with E-state index in [1.807, 2.05) is 0 Å². The SMILES string of the molecule is C[C@@H]1CC[C@@H]2[C@H](CCCN2C(=O)C2=NN(C)C(=O)CC2)C1. The van der Waals surface area contributed by atoms with Crippen molar-refractivity contribution < 1.29 is 9.59 Å². The fraction of sp³-hybridized carbons (Fsp3) is 0.812. The van der Waals surface area contributed by atoms with Crippen LogP contribution >= 0.6 is 0 Å². The highest BCUT2D eigenvalue weighted by molar-refractivity contribution is 6.39. The molecule has 1 saturated carbocycles. The maximum atomic E-state index is 12.8. The zero-order chi connectivity index (χ0) is 15.0. The second-order valence-corrected chi connectivity index (χ2v) is 6.85. The van der Waals surface area contributed by atoms with Crippen LogP contribution in [0.5, 0.6) is 0 Å². The first-order valence-electron chi connectivity index (χ1n) is 8.21. The number of nitrogens with zero attached hydrogens (tertiary/aromatic N) is 3. The molecule has 5 nitrogen and oxygen atoms in total. The molecule has 0 aromatic rings. The van der Waals surface area contributed by atoms with E-state index in [4.69, 9.17) is 0 Å². The van der Waals surface area contributed by atoms with Gasteiger partial charge < -0.3 is 4.90 Å². The Kier molecular flexibility index (Phi) is 4.00. The molecule has 3 aliphatic rings. The molecule has 0 spiro atoms. The van der Waals surface area contributed by atoms with Gasteiger partial charge >= 0.3 is 0 Å². The van der Waals surface area contributed by atoms with Crippen molar-refractivity contribution in [2.75, 3.05) is 13.6 Å². The fourth-order valence-corrected chi connectivity index (χ4v) is 4.13. The highest BCUT2D eigenvalue weighted by Crippen LogP contribution is 2.38. The van der Waals surface area contributed by atoms with Crippen LogP contribution in [0.3, 0.4) is 0 Å². The molecule has 2 heterocycles. The van der Waals surface area contributed by atoms with Crippen molar-refractivity contribution in [3.63, 3.8) is 0 Å². The van der Waals surface area contributed by atoms with Crippen LogP contribution in [0.1, 0.15) is 51.9 Å². The highest BCUT2D eigenvalue weighted by atomic mass is 16.2. The molecule has 0 radical (unpaired) electrons. The van der Waals surface area contributed by atoms with Crippen LogP contribution in [0.4, 0.5) is 0 Å². The zero-order valence-electron chi connectivity index (χ0n) is 13.0. The Labute approximate surface area is 126 Å². The molecule has 1 saturated heterocycles. The number of carbonyl (C=O) groups excluding carboxylic acids is 2. The average Bonchev–Trinajstić information content (AvgIpc) is 2.48. The first kappa shape index (κ1) is 14.5. The van der Waals surface area contributed by atoms with E-state index in [1.165, 1.54) is 24.3 Å². The van der Waals surface area contributed by atoms with Crippen molar-refractivity contribution >= 4 is 17.5 Å². The van der Waals surface area contributed by atoms with Gasteiger partial charge in [-0.1, -0.05) is 6.92 Å². The van der Waals surface area contributed by atoms with Gasteiger partial charge in [0, 0.05) is 32.5 Å². The predicted molar refractivity (Wildman–Crippen MR) is 80.7 cm³/mol. The number of fused-ring (bicyclic) bond motifs is 1. The lowest BCUT2D eigenvalue weighted by atomic mass is 9.74. The summed E-state index contributed by atoms with van der Waals surface area (Å²) in [5, 5.41) is 5.52. The van der Waals surface area contributed by atoms with Gasteiger partial charge in [0.25, 0.3) is 5.91 Å². The van der Waals surface area contributed by atoms with Gasteiger partial charge in [-0.15, -0.1) is 0 Å². The number of rotatable bonds is 1. The van der Waals surface area contributed by atoms with Crippen molar-refractivity contribution in [1.29, 1.82) is 0 Å². The Morgan fingerprint density at radius 1 is 1.24 bits per heavy atom. The van der Waals surface area contributed by atoms with E-state index in [9.17, 15) is 9.59 Å². The third-order valence-electron chi connectivity index (χ3n) is 5.29. The van der Waals surface area contributed by atoms with Crippen LogP contribution < -0.4 is 0 Å². The lowest BCUT2D eigenvalue weighted by Crippen LogP contribution is -2.53. The molecule has 0 aromatic heterocycles. The van der Waals surface area contributed by atoms with Crippen LogP contribution in [0.15, 0.2) is 5.10 Å².